The molecule has 0 fully saturated rings. The van der Waals surface area contributed by atoms with Crippen molar-refractivity contribution in [2.45, 2.75) is 38.1 Å². The van der Waals surface area contributed by atoms with Gasteiger partial charge in [0, 0.05) is 14.1 Å². The van der Waals surface area contributed by atoms with Crippen molar-refractivity contribution in [2.24, 2.45) is 5.92 Å². The van der Waals surface area contributed by atoms with Crippen molar-refractivity contribution in [3.63, 3.8) is 0 Å². The maximum Gasteiger partial charge on any atom is 0.241 e. The molecular weight excluding hydrogens is 307 g/mol. The van der Waals surface area contributed by atoms with E-state index in [1.807, 2.05) is 13.8 Å². The Hall–Kier alpha value is -1.47. The Bertz CT molecular complexity index is 642. The Morgan fingerprint density at radius 1 is 1.32 bits per heavy atom. The summed E-state index contributed by atoms with van der Waals surface area (Å²) in [6.07, 6.45) is 0.366. The maximum atomic E-state index is 13.3. The number of sulfonamides is 1. The monoisotopic (exact) mass is 330 g/mol. The average molecular weight is 330 g/mol. The number of carbonyl (C=O) groups is 1. The van der Waals surface area contributed by atoms with E-state index >= 15 is 0 Å². The van der Waals surface area contributed by atoms with Crippen LogP contribution < -0.4 is 4.72 Å². The lowest BCUT2D eigenvalue weighted by molar-refractivity contribution is -0.130. The minimum atomic E-state index is -3.97. The van der Waals surface area contributed by atoms with Gasteiger partial charge in [0.15, 0.2) is 0 Å². The Morgan fingerprint density at radius 2 is 1.91 bits per heavy atom. The molecule has 0 aromatic heterocycles. The summed E-state index contributed by atoms with van der Waals surface area (Å²) in [5.41, 5.74) is 0.425. The molecular formula is C15H23FN2O3S. The number of amides is 1. The number of carbonyl (C=O) groups excluding carboxylic acids is 1. The van der Waals surface area contributed by atoms with Crippen LogP contribution in [0.1, 0.15) is 25.8 Å². The lowest BCUT2D eigenvalue weighted by Crippen LogP contribution is -2.46. The topological polar surface area (TPSA) is 66.5 Å². The zero-order valence-electron chi connectivity index (χ0n) is 13.6. The van der Waals surface area contributed by atoms with Gasteiger partial charge in [-0.3, -0.25) is 4.79 Å². The summed E-state index contributed by atoms with van der Waals surface area (Å²) in [6, 6.07) is 2.69. The Balaban J connectivity index is 3.15. The van der Waals surface area contributed by atoms with Crippen molar-refractivity contribution < 1.29 is 17.6 Å². The van der Waals surface area contributed by atoms with E-state index in [1.54, 1.807) is 21.0 Å². The number of aryl methyl sites for hydroxylation is 1. The summed E-state index contributed by atoms with van der Waals surface area (Å²) in [7, 11) is -0.841. The lowest BCUT2D eigenvalue weighted by atomic mass is 10.0. The van der Waals surface area contributed by atoms with Crippen LogP contribution in [-0.2, 0) is 14.8 Å². The fourth-order valence-electron chi connectivity index (χ4n) is 2.10. The van der Waals surface area contributed by atoms with Gasteiger partial charge in [0.1, 0.15) is 11.9 Å². The van der Waals surface area contributed by atoms with E-state index in [-0.39, 0.29) is 16.7 Å². The molecule has 1 aromatic carbocycles. The fraction of sp³-hybridized carbons (Fsp3) is 0.533. The molecule has 0 aliphatic rings. The van der Waals surface area contributed by atoms with Gasteiger partial charge in [0.25, 0.3) is 0 Å². The number of rotatable bonds is 6. The SMILES string of the molecule is Cc1ccc(F)cc1S(=O)(=O)NC(CC(C)C)C(=O)N(C)C. The molecule has 5 nitrogen and oxygen atoms in total. The average Bonchev–Trinajstić information content (AvgIpc) is 2.38. The number of nitrogens with one attached hydrogen (secondary N) is 1. The van der Waals surface area contributed by atoms with Gasteiger partial charge < -0.3 is 4.90 Å². The highest BCUT2D eigenvalue weighted by Gasteiger charge is 2.28. The van der Waals surface area contributed by atoms with Crippen molar-refractivity contribution >= 4 is 15.9 Å². The highest BCUT2D eigenvalue weighted by Crippen LogP contribution is 2.18. The number of halogens is 1. The van der Waals surface area contributed by atoms with Crippen molar-refractivity contribution in [2.75, 3.05) is 14.1 Å². The summed E-state index contributed by atoms with van der Waals surface area (Å²) < 4.78 is 40.7. The molecule has 1 unspecified atom stereocenters. The van der Waals surface area contributed by atoms with Crippen LogP contribution in [0.2, 0.25) is 0 Å². The normalized spacial score (nSPS) is 13.2. The number of hydrogen-bond acceptors (Lipinski definition) is 3. The van der Waals surface area contributed by atoms with Gasteiger partial charge in [-0.2, -0.15) is 4.72 Å². The lowest BCUT2D eigenvalue weighted by Gasteiger charge is -2.23. The molecule has 22 heavy (non-hydrogen) atoms. The fourth-order valence-corrected chi connectivity index (χ4v) is 3.55. The number of likely N-dealkylation sites (N-methyl/N-ethyl adjacent to an activating group) is 1. The van der Waals surface area contributed by atoms with Gasteiger partial charge in [-0.25, -0.2) is 12.8 Å². The first-order valence-corrected chi connectivity index (χ1v) is 8.52. The van der Waals surface area contributed by atoms with E-state index in [2.05, 4.69) is 4.72 Å². The molecule has 1 amide bonds. The van der Waals surface area contributed by atoms with Gasteiger partial charge in [-0.1, -0.05) is 19.9 Å². The maximum absolute atomic E-state index is 13.3. The minimum absolute atomic E-state index is 0.130. The third-order valence-corrected chi connectivity index (χ3v) is 4.80. The van der Waals surface area contributed by atoms with Crippen molar-refractivity contribution in [3.8, 4) is 0 Å². The van der Waals surface area contributed by atoms with Crippen molar-refractivity contribution in [3.05, 3.63) is 29.6 Å². The molecule has 124 valence electrons. The van der Waals surface area contributed by atoms with Gasteiger partial charge in [0.05, 0.1) is 4.90 Å². The molecule has 0 bridgehead atoms. The third kappa shape index (κ3) is 4.78. The zero-order chi connectivity index (χ0) is 17.1. The number of hydrogen-bond donors (Lipinski definition) is 1. The highest BCUT2D eigenvalue weighted by atomic mass is 32.2. The van der Waals surface area contributed by atoms with E-state index in [0.717, 1.165) is 6.07 Å². The molecule has 0 radical (unpaired) electrons. The van der Waals surface area contributed by atoms with E-state index in [1.165, 1.54) is 17.0 Å². The second kappa shape index (κ2) is 7.19. The van der Waals surface area contributed by atoms with Crippen LogP contribution in [0.25, 0.3) is 0 Å². The van der Waals surface area contributed by atoms with E-state index < -0.39 is 21.9 Å². The quantitative estimate of drug-likeness (QED) is 0.866. The van der Waals surface area contributed by atoms with Crippen molar-refractivity contribution in [1.82, 2.24) is 9.62 Å². The summed E-state index contributed by atoms with van der Waals surface area (Å²) in [4.78, 5) is 13.4. The molecule has 1 N–H and O–H groups in total. The van der Waals surface area contributed by atoms with Crippen LogP contribution in [0, 0.1) is 18.7 Å². The molecule has 1 aromatic rings. The van der Waals surface area contributed by atoms with E-state index in [4.69, 9.17) is 0 Å². The smallest absolute Gasteiger partial charge is 0.241 e. The van der Waals surface area contributed by atoms with Gasteiger partial charge in [-0.15, -0.1) is 0 Å². The Kier molecular flexibility index (Phi) is 6.08. The molecule has 0 heterocycles. The number of benzene rings is 1. The first-order chi connectivity index (χ1) is 10.0. The molecule has 0 aliphatic carbocycles. The molecule has 1 rings (SSSR count). The van der Waals surface area contributed by atoms with Crippen LogP contribution in [-0.4, -0.2) is 39.4 Å². The summed E-state index contributed by atoms with van der Waals surface area (Å²) in [5.74, 6) is -0.832. The van der Waals surface area contributed by atoms with Crippen LogP contribution in [0.15, 0.2) is 23.1 Å². The molecule has 1 atom stereocenters. The molecule has 0 saturated carbocycles. The van der Waals surface area contributed by atoms with E-state index in [9.17, 15) is 17.6 Å². The van der Waals surface area contributed by atoms with Crippen LogP contribution in [0.4, 0.5) is 4.39 Å². The van der Waals surface area contributed by atoms with Gasteiger partial charge in [-0.05, 0) is 37.0 Å². The molecule has 0 aliphatic heterocycles. The van der Waals surface area contributed by atoms with Crippen LogP contribution >= 0.6 is 0 Å². The first kappa shape index (κ1) is 18.6. The predicted molar refractivity (Wildman–Crippen MR) is 83.4 cm³/mol. The predicted octanol–water partition coefficient (Wildman–Crippen LogP) is 1.92. The second-order valence-corrected chi connectivity index (χ2v) is 7.63. The molecule has 7 heteroatoms. The first-order valence-electron chi connectivity index (χ1n) is 7.04. The number of nitrogens with zero attached hydrogens (tertiary/aromatic N) is 1. The van der Waals surface area contributed by atoms with Crippen molar-refractivity contribution in [1.29, 1.82) is 0 Å². The summed E-state index contributed by atoms with van der Waals surface area (Å²) in [6.45, 7) is 5.38. The van der Waals surface area contributed by atoms with Gasteiger partial charge >= 0.3 is 0 Å². The van der Waals surface area contributed by atoms with Gasteiger partial charge in [0.2, 0.25) is 15.9 Å². The largest absolute Gasteiger partial charge is 0.347 e. The summed E-state index contributed by atoms with van der Waals surface area (Å²) in [5, 5.41) is 0. The standard InChI is InChI=1S/C15H23FN2O3S/c1-10(2)8-13(15(19)18(4)5)17-22(20,21)14-9-12(16)7-6-11(14)3/h6-7,9-10,13,17H,8H2,1-5H3. The van der Waals surface area contributed by atoms with E-state index in [0.29, 0.717) is 12.0 Å². The summed E-state index contributed by atoms with van der Waals surface area (Å²) >= 11 is 0. The Labute approximate surface area is 131 Å². The minimum Gasteiger partial charge on any atom is -0.347 e. The molecule has 0 saturated heterocycles. The Morgan fingerprint density at radius 3 is 2.41 bits per heavy atom. The zero-order valence-corrected chi connectivity index (χ0v) is 14.4. The molecule has 0 spiro atoms. The van der Waals surface area contributed by atoms with Crippen LogP contribution in [0.5, 0.6) is 0 Å². The third-order valence-electron chi connectivity index (χ3n) is 3.18. The van der Waals surface area contributed by atoms with Crippen LogP contribution in [0.3, 0.4) is 0 Å². The highest BCUT2D eigenvalue weighted by molar-refractivity contribution is 7.89. The second-order valence-electron chi connectivity index (χ2n) is 5.95.